The lowest BCUT2D eigenvalue weighted by atomic mass is 10.1. The number of aryl methyl sites for hydroxylation is 3. The third kappa shape index (κ3) is 4.49. The molecular formula is C28H26N4OS2. The van der Waals surface area contributed by atoms with Crippen LogP contribution in [-0.2, 0) is 0 Å². The average Bonchev–Trinajstić information content (AvgIpc) is 3.59. The van der Waals surface area contributed by atoms with Crippen molar-refractivity contribution in [3.8, 4) is 22.1 Å². The maximum atomic E-state index is 13.4. The van der Waals surface area contributed by atoms with Crippen molar-refractivity contribution in [2.24, 2.45) is 0 Å². The van der Waals surface area contributed by atoms with Gasteiger partial charge in [0.15, 0.2) is 16.8 Å². The van der Waals surface area contributed by atoms with Gasteiger partial charge in [-0.15, -0.1) is 21.5 Å². The maximum absolute atomic E-state index is 13.4. The Morgan fingerprint density at radius 3 is 2.37 bits per heavy atom. The van der Waals surface area contributed by atoms with Gasteiger partial charge in [-0.25, -0.2) is 0 Å². The summed E-state index contributed by atoms with van der Waals surface area (Å²) in [6.07, 6.45) is 0. The van der Waals surface area contributed by atoms with Crippen molar-refractivity contribution in [2.75, 3.05) is 5.75 Å². The number of nitrogens with zero attached hydrogens (tertiary/aromatic N) is 4. The molecule has 7 heteroatoms. The Balaban J connectivity index is 1.43. The lowest BCUT2D eigenvalue weighted by molar-refractivity contribution is 0.102. The van der Waals surface area contributed by atoms with E-state index >= 15 is 0 Å². The number of Topliss-reactive ketones (excluding diaryl/α,β-unsaturated/α-hetero) is 1. The second-order valence-corrected chi connectivity index (χ2v) is 10.4. The van der Waals surface area contributed by atoms with Gasteiger partial charge in [-0.3, -0.25) is 9.36 Å². The molecule has 5 rings (SSSR count). The molecule has 0 fully saturated rings. The topological polar surface area (TPSA) is 52.7 Å². The predicted octanol–water partition coefficient (Wildman–Crippen LogP) is 7.00. The molecule has 0 aliphatic carbocycles. The molecule has 0 saturated heterocycles. The Kier molecular flexibility index (Phi) is 6.45. The zero-order valence-electron chi connectivity index (χ0n) is 20.1. The van der Waals surface area contributed by atoms with E-state index in [0.717, 1.165) is 39.0 Å². The second kappa shape index (κ2) is 9.68. The minimum Gasteiger partial charge on any atom is -0.318 e. The van der Waals surface area contributed by atoms with Gasteiger partial charge < -0.3 is 4.57 Å². The molecule has 0 atom stereocenters. The van der Waals surface area contributed by atoms with Crippen LogP contribution >= 0.6 is 23.1 Å². The highest BCUT2D eigenvalue weighted by Crippen LogP contribution is 2.31. The molecule has 0 saturated carbocycles. The van der Waals surface area contributed by atoms with Gasteiger partial charge in [0, 0.05) is 28.3 Å². The summed E-state index contributed by atoms with van der Waals surface area (Å²) in [4.78, 5) is 14.4. The minimum atomic E-state index is 0.0819. The molecule has 3 heterocycles. The van der Waals surface area contributed by atoms with E-state index in [-0.39, 0.29) is 11.5 Å². The second-order valence-electron chi connectivity index (χ2n) is 8.56. The van der Waals surface area contributed by atoms with Crippen LogP contribution < -0.4 is 0 Å². The zero-order valence-corrected chi connectivity index (χ0v) is 21.8. The fraction of sp³-hybridized carbons (Fsp3) is 0.179. The number of ketones is 1. The predicted molar refractivity (Wildman–Crippen MR) is 144 cm³/mol. The smallest absolute Gasteiger partial charge is 0.196 e. The molecule has 5 aromatic rings. The van der Waals surface area contributed by atoms with Crippen molar-refractivity contribution < 1.29 is 4.79 Å². The number of aromatic nitrogens is 4. The number of thioether (sulfide) groups is 1. The van der Waals surface area contributed by atoms with Crippen molar-refractivity contribution in [3.63, 3.8) is 0 Å². The molecule has 35 heavy (non-hydrogen) atoms. The van der Waals surface area contributed by atoms with E-state index in [0.29, 0.717) is 5.16 Å². The molecule has 5 nitrogen and oxygen atoms in total. The van der Waals surface area contributed by atoms with Crippen molar-refractivity contribution >= 4 is 28.9 Å². The standard InChI is InChI=1S/C28H26N4OS2/c1-18-12-13-23(15-19(18)2)31-20(3)16-24(21(31)4)25(33)17-35-28-30-29-27(26-11-8-14-34-26)32(28)22-9-6-5-7-10-22/h5-16H,17H2,1-4H3. The Morgan fingerprint density at radius 1 is 0.857 bits per heavy atom. The van der Waals surface area contributed by atoms with Crippen LogP contribution in [0.2, 0.25) is 0 Å². The summed E-state index contributed by atoms with van der Waals surface area (Å²) >= 11 is 3.05. The van der Waals surface area contributed by atoms with Gasteiger partial charge in [0.05, 0.1) is 10.6 Å². The largest absolute Gasteiger partial charge is 0.318 e. The minimum absolute atomic E-state index is 0.0819. The fourth-order valence-corrected chi connectivity index (χ4v) is 5.79. The number of carbonyl (C=O) groups excluding carboxylic acids is 1. The van der Waals surface area contributed by atoms with Gasteiger partial charge in [0.2, 0.25) is 0 Å². The Labute approximate surface area is 213 Å². The van der Waals surface area contributed by atoms with Crippen molar-refractivity contribution in [1.29, 1.82) is 0 Å². The van der Waals surface area contributed by atoms with E-state index in [4.69, 9.17) is 0 Å². The van der Waals surface area contributed by atoms with Gasteiger partial charge in [-0.1, -0.05) is 42.1 Å². The Hall–Kier alpha value is -3.42. The Bertz CT molecular complexity index is 1500. The number of carbonyl (C=O) groups is 1. The van der Waals surface area contributed by atoms with Crippen molar-refractivity contribution in [3.05, 3.63) is 100 Å². The summed E-state index contributed by atoms with van der Waals surface area (Å²) < 4.78 is 4.19. The maximum Gasteiger partial charge on any atom is 0.196 e. The number of hydrogen-bond donors (Lipinski definition) is 0. The highest BCUT2D eigenvalue weighted by molar-refractivity contribution is 7.99. The molecule has 0 amide bonds. The van der Waals surface area contributed by atoms with E-state index in [2.05, 4.69) is 46.8 Å². The molecule has 176 valence electrons. The van der Waals surface area contributed by atoms with E-state index in [1.807, 2.05) is 72.3 Å². The first-order chi connectivity index (χ1) is 16.9. The normalized spacial score (nSPS) is 11.2. The van der Waals surface area contributed by atoms with Crippen LogP contribution in [0.1, 0.15) is 32.9 Å². The summed E-state index contributed by atoms with van der Waals surface area (Å²) in [5.41, 5.74) is 7.31. The number of thiophene rings is 1. The van der Waals surface area contributed by atoms with Crippen LogP contribution in [0.25, 0.3) is 22.1 Å². The van der Waals surface area contributed by atoms with Crippen LogP contribution in [0.15, 0.2) is 77.3 Å². The molecule has 2 aromatic carbocycles. The van der Waals surface area contributed by atoms with Gasteiger partial charge in [-0.05, 0) is 80.6 Å². The lowest BCUT2D eigenvalue weighted by Crippen LogP contribution is -2.07. The van der Waals surface area contributed by atoms with E-state index in [1.54, 1.807) is 11.3 Å². The number of rotatable bonds is 7. The lowest BCUT2D eigenvalue weighted by Gasteiger charge is -2.12. The first-order valence-electron chi connectivity index (χ1n) is 11.4. The van der Waals surface area contributed by atoms with E-state index < -0.39 is 0 Å². The molecule has 3 aromatic heterocycles. The average molecular weight is 499 g/mol. The van der Waals surface area contributed by atoms with Gasteiger partial charge in [0.25, 0.3) is 0 Å². The number of hydrogen-bond acceptors (Lipinski definition) is 5. The summed E-state index contributed by atoms with van der Waals surface area (Å²) in [6.45, 7) is 8.29. The molecule has 0 radical (unpaired) electrons. The highest BCUT2D eigenvalue weighted by atomic mass is 32.2. The van der Waals surface area contributed by atoms with Crippen molar-refractivity contribution in [2.45, 2.75) is 32.9 Å². The van der Waals surface area contributed by atoms with E-state index in [9.17, 15) is 4.79 Å². The molecule has 0 spiro atoms. The highest BCUT2D eigenvalue weighted by Gasteiger charge is 2.21. The van der Waals surface area contributed by atoms with Crippen molar-refractivity contribution in [1.82, 2.24) is 19.3 Å². The molecule has 0 N–H and O–H groups in total. The quantitative estimate of drug-likeness (QED) is 0.179. The summed E-state index contributed by atoms with van der Waals surface area (Å²) in [7, 11) is 0. The van der Waals surface area contributed by atoms with Crippen LogP contribution in [0.3, 0.4) is 0 Å². The molecular weight excluding hydrogens is 472 g/mol. The molecule has 0 unspecified atom stereocenters. The monoisotopic (exact) mass is 498 g/mol. The molecule has 0 bridgehead atoms. The molecule has 0 aliphatic heterocycles. The summed E-state index contributed by atoms with van der Waals surface area (Å²) in [6, 6.07) is 22.5. The van der Waals surface area contributed by atoms with Gasteiger partial charge >= 0.3 is 0 Å². The van der Waals surface area contributed by atoms with Crippen LogP contribution in [-0.4, -0.2) is 30.9 Å². The Morgan fingerprint density at radius 2 is 1.66 bits per heavy atom. The van der Waals surface area contributed by atoms with Crippen LogP contribution in [0.4, 0.5) is 0 Å². The first-order valence-corrected chi connectivity index (χ1v) is 13.3. The number of benzene rings is 2. The first kappa shape index (κ1) is 23.3. The summed E-state index contributed by atoms with van der Waals surface area (Å²) in [5.74, 6) is 1.15. The van der Waals surface area contributed by atoms with Gasteiger partial charge in [0.1, 0.15) is 0 Å². The van der Waals surface area contributed by atoms with Crippen LogP contribution in [0, 0.1) is 27.7 Å². The number of para-hydroxylation sites is 1. The zero-order chi connectivity index (χ0) is 24.5. The SMILES string of the molecule is Cc1ccc(-n2c(C)cc(C(=O)CSc3nnc(-c4cccs4)n3-c3ccccc3)c2C)cc1C. The van der Waals surface area contributed by atoms with Gasteiger partial charge in [-0.2, -0.15) is 0 Å². The van der Waals surface area contributed by atoms with Crippen LogP contribution in [0.5, 0.6) is 0 Å². The summed E-state index contributed by atoms with van der Waals surface area (Å²) in [5, 5.41) is 11.6. The van der Waals surface area contributed by atoms with E-state index in [1.165, 1.54) is 22.9 Å². The third-order valence-electron chi connectivity index (χ3n) is 6.20. The third-order valence-corrected chi connectivity index (χ3v) is 8.00. The molecule has 0 aliphatic rings. The fourth-order valence-electron chi connectivity index (χ4n) is 4.25.